The van der Waals surface area contributed by atoms with Crippen LogP contribution < -0.4 is 0 Å². The number of carbonyl (C=O) groups excluding carboxylic acids is 1. The lowest BCUT2D eigenvalue weighted by Gasteiger charge is -2.53. The van der Waals surface area contributed by atoms with Crippen molar-refractivity contribution in [3.05, 3.63) is 11.6 Å². The van der Waals surface area contributed by atoms with E-state index in [0.29, 0.717) is 18.4 Å². The summed E-state index contributed by atoms with van der Waals surface area (Å²) in [6.45, 7) is 15.5. The van der Waals surface area contributed by atoms with Crippen molar-refractivity contribution in [2.24, 2.45) is 0 Å². The van der Waals surface area contributed by atoms with Crippen molar-refractivity contribution < 1.29 is 15.2 Å². The van der Waals surface area contributed by atoms with Gasteiger partial charge >= 0.3 is 0 Å². The van der Waals surface area contributed by atoms with E-state index in [-0.39, 0.29) is 11.9 Å². The Morgan fingerprint density at radius 3 is 1.80 bits per heavy atom. The normalized spacial score (nSPS) is 28.7. The van der Waals surface area contributed by atoms with E-state index in [1.807, 2.05) is 68.5 Å². The predicted molar refractivity (Wildman–Crippen MR) is 97.4 cm³/mol. The Balaban J connectivity index is 2.29. The summed E-state index contributed by atoms with van der Waals surface area (Å²) in [6, 6.07) is 0.0217. The SMILES string of the molecule is CN(C(=O)C1=CC(C)(C)N(O)C1(C)C)C1CC(C)(C)N(O)C(C)(C)C1. The monoisotopic (exact) mass is 353 g/mol. The zero-order chi connectivity index (χ0) is 19.6. The highest BCUT2D eigenvalue weighted by molar-refractivity contribution is 5.96. The third kappa shape index (κ3) is 3.25. The van der Waals surface area contributed by atoms with E-state index < -0.39 is 22.2 Å². The molecule has 0 spiro atoms. The van der Waals surface area contributed by atoms with Gasteiger partial charge in [0, 0.05) is 29.7 Å². The van der Waals surface area contributed by atoms with Crippen molar-refractivity contribution in [1.82, 2.24) is 15.0 Å². The van der Waals surface area contributed by atoms with Gasteiger partial charge in [0.2, 0.25) is 0 Å². The number of carbonyl (C=O) groups is 1. The minimum atomic E-state index is -0.739. The highest BCUT2D eigenvalue weighted by Crippen LogP contribution is 2.42. The molecule has 1 amide bonds. The summed E-state index contributed by atoms with van der Waals surface area (Å²) in [5.41, 5.74) is -1.53. The van der Waals surface area contributed by atoms with Crippen LogP contribution in [-0.2, 0) is 4.79 Å². The van der Waals surface area contributed by atoms with Gasteiger partial charge in [0.05, 0.1) is 11.1 Å². The first-order chi connectivity index (χ1) is 11.0. The molecular formula is C19H35N3O3. The van der Waals surface area contributed by atoms with Gasteiger partial charge in [0.15, 0.2) is 0 Å². The quantitative estimate of drug-likeness (QED) is 0.799. The summed E-state index contributed by atoms with van der Waals surface area (Å²) in [5, 5.41) is 23.6. The molecule has 0 atom stereocenters. The highest BCUT2D eigenvalue weighted by Gasteiger charge is 2.51. The Kier molecular flexibility index (Phi) is 4.70. The molecule has 1 saturated heterocycles. The van der Waals surface area contributed by atoms with Crippen LogP contribution in [0.3, 0.4) is 0 Å². The van der Waals surface area contributed by atoms with Crippen LogP contribution in [-0.4, -0.2) is 66.6 Å². The van der Waals surface area contributed by atoms with E-state index in [1.165, 1.54) is 10.1 Å². The van der Waals surface area contributed by atoms with Crippen molar-refractivity contribution in [2.75, 3.05) is 7.05 Å². The van der Waals surface area contributed by atoms with Crippen LogP contribution in [0.5, 0.6) is 0 Å². The largest absolute Gasteiger partial charge is 0.339 e. The predicted octanol–water partition coefficient (Wildman–Crippen LogP) is 3.04. The average Bonchev–Trinajstić information content (AvgIpc) is 2.62. The fraction of sp³-hybridized carbons (Fsp3) is 0.842. The summed E-state index contributed by atoms with van der Waals surface area (Å²) in [6.07, 6.45) is 3.24. The topological polar surface area (TPSA) is 67.2 Å². The van der Waals surface area contributed by atoms with Gasteiger partial charge in [-0.3, -0.25) is 4.79 Å². The molecule has 6 nitrogen and oxygen atoms in total. The Bertz CT molecular complexity index is 575. The smallest absolute Gasteiger partial charge is 0.251 e. The third-order valence-electron chi connectivity index (χ3n) is 5.95. The molecule has 0 aromatic rings. The van der Waals surface area contributed by atoms with Crippen LogP contribution in [0.4, 0.5) is 0 Å². The molecule has 0 bridgehead atoms. The van der Waals surface area contributed by atoms with E-state index in [0.717, 1.165) is 0 Å². The second-order valence-electron chi connectivity index (χ2n) is 10.00. The first-order valence-electron chi connectivity index (χ1n) is 9.03. The van der Waals surface area contributed by atoms with E-state index in [1.54, 1.807) is 4.90 Å². The lowest BCUT2D eigenvalue weighted by Crippen LogP contribution is -2.63. The number of likely N-dealkylation sites (N-methyl/N-ethyl adjacent to an activating group) is 1. The van der Waals surface area contributed by atoms with Gasteiger partial charge in [-0.2, -0.15) is 10.1 Å². The van der Waals surface area contributed by atoms with Gasteiger partial charge in [-0.05, 0) is 68.2 Å². The standard InChI is InChI=1S/C19H35N3O3/c1-16(2)10-13(11-17(3,4)21(16)24)20(9)15(23)14-12-18(5,6)22(25)19(14,7)8/h12-13,24-25H,10-11H2,1-9H3. The molecule has 6 heteroatoms. The van der Waals surface area contributed by atoms with Crippen LogP contribution >= 0.6 is 0 Å². The van der Waals surface area contributed by atoms with E-state index in [2.05, 4.69) is 0 Å². The first-order valence-corrected chi connectivity index (χ1v) is 9.03. The molecule has 2 aliphatic heterocycles. The molecule has 2 rings (SSSR count). The summed E-state index contributed by atoms with van der Waals surface area (Å²) in [4.78, 5) is 15.0. The number of piperidine rings is 1. The summed E-state index contributed by atoms with van der Waals surface area (Å²) in [7, 11) is 1.83. The second kappa shape index (κ2) is 5.78. The van der Waals surface area contributed by atoms with Crippen LogP contribution in [0.2, 0.25) is 0 Å². The fourth-order valence-corrected chi connectivity index (χ4v) is 4.60. The number of rotatable bonds is 2. The zero-order valence-corrected chi connectivity index (χ0v) is 17.2. The Labute approximate surface area is 152 Å². The van der Waals surface area contributed by atoms with Crippen LogP contribution in [0.25, 0.3) is 0 Å². The maximum absolute atomic E-state index is 13.2. The molecule has 0 unspecified atom stereocenters. The van der Waals surface area contributed by atoms with E-state index in [9.17, 15) is 15.2 Å². The third-order valence-corrected chi connectivity index (χ3v) is 5.95. The van der Waals surface area contributed by atoms with Crippen molar-refractivity contribution in [1.29, 1.82) is 0 Å². The molecule has 2 heterocycles. The molecule has 2 aliphatic rings. The lowest BCUT2D eigenvalue weighted by molar-refractivity contribution is -0.250. The molecule has 25 heavy (non-hydrogen) atoms. The summed E-state index contributed by atoms with van der Waals surface area (Å²) < 4.78 is 0. The van der Waals surface area contributed by atoms with Crippen molar-refractivity contribution in [3.8, 4) is 0 Å². The Morgan fingerprint density at radius 1 is 1.00 bits per heavy atom. The Hall–Kier alpha value is -0.950. The number of hydrogen-bond donors (Lipinski definition) is 2. The molecule has 0 aromatic heterocycles. The average molecular weight is 354 g/mol. The molecule has 144 valence electrons. The van der Waals surface area contributed by atoms with E-state index in [4.69, 9.17) is 0 Å². The number of amides is 1. The summed E-state index contributed by atoms with van der Waals surface area (Å²) >= 11 is 0. The van der Waals surface area contributed by atoms with Gasteiger partial charge in [0.1, 0.15) is 0 Å². The molecule has 0 aromatic carbocycles. The fourth-order valence-electron chi connectivity index (χ4n) is 4.60. The molecule has 0 saturated carbocycles. The van der Waals surface area contributed by atoms with Gasteiger partial charge in [0.25, 0.3) is 5.91 Å². The minimum absolute atomic E-state index is 0.0217. The maximum atomic E-state index is 13.2. The van der Waals surface area contributed by atoms with Crippen LogP contribution in [0, 0.1) is 0 Å². The van der Waals surface area contributed by atoms with Gasteiger partial charge in [-0.25, -0.2) is 0 Å². The van der Waals surface area contributed by atoms with Gasteiger partial charge < -0.3 is 15.3 Å². The molecule has 2 N–H and O–H groups in total. The maximum Gasteiger partial charge on any atom is 0.251 e. The lowest BCUT2D eigenvalue weighted by atomic mass is 9.78. The molecule has 0 radical (unpaired) electrons. The molecule has 0 aliphatic carbocycles. The second-order valence-corrected chi connectivity index (χ2v) is 10.00. The summed E-state index contributed by atoms with van der Waals surface area (Å²) in [5.74, 6) is -0.0578. The minimum Gasteiger partial charge on any atom is -0.339 e. The number of nitrogens with zero attached hydrogens (tertiary/aromatic N) is 3. The number of hydroxylamine groups is 4. The molecular weight excluding hydrogens is 318 g/mol. The Morgan fingerprint density at radius 2 is 1.44 bits per heavy atom. The van der Waals surface area contributed by atoms with E-state index >= 15 is 0 Å². The van der Waals surface area contributed by atoms with Crippen molar-refractivity contribution in [2.45, 2.75) is 96.4 Å². The van der Waals surface area contributed by atoms with Gasteiger partial charge in [-0.15, -0.1) is 0 Å². The van der Waals surface area contributed by atoms with Gasteiger partial charge in [-0.1, -0.05) is 6.08 Å². The molecule has 1 fully saturated rings. The highest BCUT2D eigenvalue weighted by atomic mass is 16.5. The first kappa shape index (κ1) is 20.4. The van der Waals surface area contributed by atoms with Crippen molar-refractivity contribution in [3.63, 3.8) is 0 Å². The number of hydrogen-bond acceptors (Lipinski definition) is 5. The van der Waals surface area contributed by atoms with Crippen molar-refractivity contribution >= 4 is 5.91 Å². The van der Waals surface area contributed by atoms with Crippen LogP contribution in [0.15, 0.2) is 11.6 Å². The van der Waals surface area contributed by atoms with Crippen LogP contribution in [0.1, 0.15) is 68.2 Å². The zero-order valence-electron chi connectivity index (χ0n) is 17.2.